The maximum atomic E-state index is 13.0. The highest BCUT2D eigenvalue weighted by atomic mass is 16.6. The molecule has 2 heterocycles. The van der Waals surface area contributed by atoms with Crippen LogP contribution in [0.15, 0.2) is 59.1 Å². The number of ether oxygens (including phenoxy) is 1. The van der Waals surface area contributed by atoms with Gasteiger partial charge in [-0.05, 0) is 54.7 Å². The highest BCUT2D eigenvalue weighted by molar-refractivity contribution is 5.91. The van der Waals surface area contributed by atoms with E-state index in [1.165, 1.54) is 5.56 Å². The zero-order valence-electron chi connectivity index (χ0n) is 18.2. The molecular formula is C25H30N2O3. The van der Waals surface area contributed by atoms with Gasteiger partial charge in [0, 0.05) is 37.5 Å². The van der Waals surface area contributed by atoms with Gasteiger partial charge in [-0.1, -0.05) is 39.0 Å². The van der Waals surface area contributed by atoms with E-state index < -0.39 is 0 Å². The van der Waals surface area contributed by atoms with E-state index in [2.05, 4.69) is 31.8 Å². The number of furan rings is 1. The molecule has 0 aliphatic heterocycles. The number of hydrogen-bond donors (Lipinski definition) is 0. The second-order valence-corrected chi connectivity index (χ2v) is 7.76. The molecule has 1 amide bonds. The first kappa shape index (κ1) is 21.6. The van der Waals surface area contributed by atoms with Crippen LogP contribution in [-0.4, -0.2) is 28.9 Å². The minimum absolute atomic E-state index is 0.129. The smallest absolute Gasteiger partial charge is 0.290 e. The Hall–Kier alpha value is -3.08. The third-order valence-electron chi connectivity index (χ3n) is 5.03. The van der Waals surface area contributed by atoms with Crippen LogP contribution in [0.3, 0.4) is 0 Å². The van der Waals surface area contributed by atoms with Gasteiger partial charge >= 0.3 is 0 Å². The van der Waals surface area contributed by atoms with Gasteiger partial charge in [0.25, 0.3) is 11.9 Å². The van der Waals surface area contributed by atoms with Crippen molar-refractivity contribution in [1.82, 2.24) is 9.88 Å². The zero-order chi connectivity index (χ0) is 21.5. The lowest BCUT2D eigenvalue weighted by atomic mass is 10.0. The summed E-state index contributed by atoms with van der Waals surface area (Å²) in [5.74, 6) is 1.63. The predicted molar refractivity (Wildman–Crippen MR) is 118 cm³/mol. The zero-order valence-corrected chi connectivity index (χ0v) is 18.2. The number of rotatable bonds is 9. The van der Waals surface area contributed by atoms with Crippen LogP contribution >= 0.6 is 0 Å². The normalized spacial score (nSPS) is 11.0. The number of benzene rings is 1. The molecule has 5 heteroatoms. The molecule has 0 bridgehead atoms. The second-order valence-electron chi connectivity index (χ2n) is 7.76. The van der Waals surface area contributed by atoms with Crippen LogP contribution in [0, 0.1) is 6.92 Å². The molecule has 0 N–H and O–H groups in total. The molecule has 30 heavy (non-hydrogen) atoms. The van der Waals surface area contributed by atoms with Gasteiger partial charge in [0.15, 0.2) is 5.76 Å². The van der Waals surface area contributed by atoms with Crippen LogP contribution in [0.4, 0.5) is 0 Å². The van der Waals surface area contributed by atoms with Crippen molar-refractivity contribution in [3.63, 3.8) is 0 Å². The minimum atomic E-state index is -0.129. The van der Waals surface area contributed by atoms with Crippen LogP contribution < -0.4 is 4.74 Å². The van der Waals surface area contributed by atoms with Crippen molar-refractivity contribution in [3.05, 3.63) is 77.3 Å². The van der Waals surface area contributed by atoms with Gasteiger partial charge < -0.3 is 14.1 Å². The largest absolute Gasteiger partial charge is 0.426 e. The van der Waals surface area contributed by atoms with Gasteiger partial charge in [0.1, 0.15) is 5.75 Å². The Kier molecular flexibility index (Phi) is 7.28. The number of aryl methyl sites for hydroxylation is 1. The van der Waals surface area contributed by atoms with Crippen molar-refractivity contribution in [2.45, 2.75) is 46.5 Å². The highest BCUT2D eigenvalue weighted by Gasteiger charge is 2.20. The summed E-state index contributed by atoms with van der Waals surface area (Å²) in [6.45, 7) is 9.60. The fourth-order valence-corrected chi connectivity index (χ4v) is 3.22. The Labute approximate surface area is 178 Å². The molecule has 0 spiro atoms. The lowest BCUT2D eigenvalue weighted by Gasteiger charge is -2.20. The van der Waals surface area contributed by atoms with E-state index in [-0.39, 0.29) is 11.7 Å². The van der Waals surface area contributed by atoms with Crippen molar-refractivity contribution < 1.29 is 13.9 Å². The van der Waals surface area contributed by atoms with Crippen LogP contribution in [0.1, 0.15) is 60.5 Å². The van der Waals surface area contributed by atoms with Gasteiger partial charge in [-0.15, -0.1) is 0 Å². The molecule has 0 saturated heterocycles. The first-order valence-corrected chi connectivity index (χ1v) is 10.5. The number of carbonyl (C=O) groups excluding carboxylic acids is 1. The fraction of sp³-hybridized carbons (Fsp3) is 0.360. The number of carbonyl (C=O) groups is 1. The van der Waals surface area contributed by atoms with Crippen LogP contribution in [0.5, 0.6) is 11.7 Å². The lowest BCUT2D eigenvalue weighted by Crippen LogP contribution is -2.33. The van der Waals surface area contributed by atoms with Crippen LogP contribution in [-0.2, 0) is 6.42 Å². The van der Waals surface area contributed by atoms with Gasteiger partial charge in [-0.2, -0.15) is 0 Å². The van der Waals surface area contributed by atoms with Crippen molar-refractivity contribution in [2.24, 2.45) is 0 Å². The van der Waals surface area contributed by atoms with E-state index in [0.717, 1.165) is 23.4 Å². The third-order valence-corrected chi connectivity index (χ3v) is 5.03. The van der Waals surface area contributed by atoms with Crippen molar-refractivity contribution in [1.29, 1.82) is 0 Å². The lowest BCUT2D eigenvalue weighted by molar-refractivity contribution is 0.0720. The summed E-state index contributed by atoms with van der Waals surface area (Å²) in [6, 6.07) is 15.4. The van der Waals surface area contributed by atoms with E-state index in [0.29, 0.717) is 31.4 Å². The molecule has 3 aromatic rings. The van der Waals surface area contributed by atoms with Crippen molar-refractivity contribution >= 4 is 5.91 Å². The fourth-order valence-electron chi connectivity index (χ4n) is 3.22. The van der Waals surface area contributed by atoms with E-state index in [1.54, 1.807) is 18.3 Å². The summed E-state index contributed by atoms with van der Waals surface area (Å²) in [5.41, 5.74) is 3.18. The van der Waals surface area contributed by atoms with E-state index in [9.17, 15) is 4.79 Å². The Bertz CT molecular complexity index is 964. The summed E-state index contributed by atoms with van der Waals surface area (Å²) in [5, 5.41) is 0. The Morgan fingerprint density at radius 1 is 1.13 bits per heavy atom. The first-order chi connectivity index (χ1) is 14.5. The summed E-state index contributed by atoms with van der Waals surface area (Å²) < 4.78 is 11.7. The van der Waals surface area contributed by atoms with Gasteiger partial charge in [0.05, 0.1) is 0 Å². The quantitative estimate of drug-likeness (QED) is 0.438. The Balaban J connectivity index is 1.70. The summed E-state index contributed by atoms with van der Waals surface area (Å²) in [6.07, 6.45) is 3.35. The molecular weight excluding hydrogens is 376 g/mol. The maximum Gasteiger partial charge on any atom is 0.290 e. The van der Waals surface area contributed by atoms with E-state index in [1.807, 2.05) is 42.2 Å². The van der Waals surface area contributed by atoms with Crippen molar-refractivity contribution in [2.75, 3.05) is 13.1 Å². The summed E-state index contributed by atoms with van der Waals surface area (Å²) in [4.78, 5) is 19.1. The minimum Gasteiger partial charge on any atom is -0.426 e. The molecule has 0 unspecified atom stereocenters. The standard InChI is InChI=1S/C25H30N2O3/c1-5-15-27(16-13-21-8-6-7-14-26-21)25(28)22-11-12-24(29-22)30-23-17-20(18(2)3)10-9-19(23)4/h6-12,14,17-18H,5,13,15-16H2,1-4H3. The predicted octanol–water partition coefficient (Wildman–Crippen LogP) is 5.99. The van der Waals surface area contributed by atoms with Gasteiger partial charge in [0.2, 0.25) is 0 Å². The average Bonchev–Trinajstić information content (AvgIpc) is 3.21. The maximum absolute atomic E-state index is 13.0. The topological polar surface area (TPSA) is 55.6 Å². The number of amides is 1. The average molecular weight is 407 g/mol. The van der Waals surface area contributed by atoms with E-state index in [4.69, 9.17) is 9.15 Å². The SMILES string of the molecule is CCCN(CCc1ccccn1)C(=O)c1ccc(Oc2cc(C(C)C)ccc2C)o1. The third kappa shape index (κ3) is 5.50. The number of nitrogens with zero attached hydrogens (tertiary/aromatic N) is 2. The second kappa shape index (κ2) is 10.1. The molecule has 158 valence electrons. The highest BCUT2D eigenvalue weighted by Crippen LogP contribution is 2.30. The molecule has 0 atom stereocenters. The molecule has 5 nitrogen and oxygen atoms in total. The molecule has 3 rings (SSSR count). The van der Waals surface area contributed by atoms with Gasteiger partial charge in [-0.3, -0.25) is 9.78 Å². The van der Waals surface area contributed by atoms with E-state index >= 15 is 0 Å². The number of hydrogen-bond acceptors (Lipinski definition) is 4. The van der Waals surface area contributed by atoms with Crippen LogP contribution in [0.2, 0.25) is 0 Å². The molecule has 0 saturated carbocycles. The van der Waals surface area contributed by atoms with Gasteiger partial charge in [-0.25, -0.2) is 0 Å². The molecule has 0 aliphatic carbocycles. The Morgan fingerprint density at radius 3 is 2.67 bits per heavy atom. The summed E-state index contributed by atoms with van der Waals surface area (Å²) >= 11 is 0. The Morgan fingerprint density at radius 2 is 1.97 bits per heavy atom. The monoisotopic (exact) mass is 406 g/mol. The first-order valence-electron chi connectivity index (χ1n) is 10.5. The number of aromatic nitrogens is 1. The number of pyridine rings is 1. The summed E-state index contributed by atoms with van der Waals surface area (Å²) in [7, 11) is 0. The van der Waals surface area contributed by atoms with Crippen molar-refractivity contribution in [3.8, 4) is 11.7 Å². The molecule has 0 aliphatic rings. The molecule has 0 radical (unpaired) electrons. The molecule has 0 fully saturated rings. The van der Waals surface area contributed by atoms with Crippen LogP contribution in [0.25, 0.3) is 0 Å². The molecule has 1 aromatic carbocycles. The molecule has 2 aromatic heterocycles.